The second kappa shape index (κ2) is 8.06. The number of benzene rings is 2. The Morgan fingerprint density at radius 1 is 1.20 bits per heavy atom. The van der Waals surface area contributed by atoms with Crippen LogP contribution in [0, 0.1) is 0 Å². The van der Waals surface area contributed by atoms with Gasteiger partial charge in [-0.15, -0.1) is 0 Å². The first-order valence-electron chi connectivity index (χ1n) is 9.08. The predicted octanol–water partition coefficient (Wildman–Crippen LogP) is 4.72. The van der Waals surface area contributed by atoms with E-state index in [1.165, 1.54) is 24.9 Å². The summed E-state index contributed by atoms with van der Waals surface area (Å²) >= 11 is 0. The number of ether oxygens (including phenoxy) is 1. The van der Waals surface area contributed by atoms with E-state index < -0.39 is 0 Å². The van der Waals surface area contributed by atoms with Crippen LogP contribution in [0.4, 0.5) is 11.4 Å². The molecule has 4 nitrogen and oxygen atoms in total. The molecule has 3 rings (SSSR count). The number of hydrogen-bond acceptors (Lipinski definition) is 3. The van der Waals surface area contributed by atoms with Gasteiger partial charge in [0.05, 0.1) is 6.61 Å². The molecule has 1 heterocycles. The van der Waals surface area contributed by atoms with Gasteiger partial charge in [0.2, 0.25) is 0 Å². The normalized spacial score (nSPS) is 17.2. The molecule has 0 bridgehead atoms. The van der Waals surface area contributed by atoms with Crippen molar-refractivity contribution in [1.82, 2.24) is 0 Å². The van der Waals surface area contributed by atoms with E-state index in [-0.39, 0.29) is 5.91 Å². The van der Waals surface area contributed by atoms with Crippen molar-refractivity contribution in [2.45, 2.75) is 39.2 Å². The first kappa shape index (κ1) is 17.3. The van der Waals surface area contributed by atoms with Gasteiger partial charge >= 0.3 is 0 Å². The van der Waals surface area contributed by atoms with Crippen LogP contribution in [-0.4, -0.2) is 25.1 Å². The molecule has 1 amide bonds. The molecule has 2 aromatic rings. The lowest BCUT2D eigenvalue weighted by molar-refractivity contribution is 0.102. The molecule has 0 aliphatic carbocycles. The summed E-state index contributed by atoms with van der Waals surface area (Å²) in [4.78, 5) is 14.9. The van der Waals surface area contributed by atoms with Crippen LogP contribution < -0.4 is 15.0 Å². The Labute approximate surface area is 149 Å². The van der Waals surface area contributed by atoms with Crippen molar-refractivity contribution in [3.63, 3.8) is 0 Å². The molecule has 132 valence electrons. The van der Waals surface area contributed by atoms with Crippen molar-refractivity contribution in [2.75, 3.05) is 23.4 Å². The van der Waals surface area contributed by atoms with Crippen LogP contribution in [0.1, 0.15) is 43.5 Å². The van der Waals surface area contributed by atoms with Crippen LogP contribution in [0.25, 0.3) is 0 Å². The van der Waals surface area contributed by atoms with Crippen LogP contribution in [-0.2, 0) is 0 Å². The topological polar surface area (TPSA) is 41.6 Å². The maximum atomic E-state index is 12.4. The van der Waals surface area contributed by atoms with E-state index >= 15 is 0 Å². The van der Waals surface area contributed by atoms with E-state index in [9.17, 15) is 4.79 Å². The highest BCUT2D eigenvalue weighted by molar-refractivity contribution is 6.04. The minimum Gasteiger partial charge on any atom is -0.494 e. The van der Waals surface area contributed by atoms with E-state index in [1.54, 1.807) is 12.1 Å². The van der Waals surface area contributed by atoms with E-state index in [4.69, 9.17) is 4.74 Å². The molecule has 0 aromatic heterocycles. The van der Waals surface area contributed by atoms with Crippen LogP contribution in [0.2, 0.25) is 0 Å². The standard InChI is InChI=1S/C21H26N2O2/c1-3-25-20-9-6-8-17(15-20)21(24)22-18-10-12-19(13-11-18)23-14-5-4-7-16(23)2/h6,8-13,15-16H,3-5,7,14H2,1-2H3,(H,22,24). The van der Waals surface area contributed by atoms with Crippen molar-refractivity contribution < 1.29 is 9.53 Å². The van der Waals surface area contributed by atoms with Crippen LogP contribution in [0.3, 0.4) is 0 Å². The number of amides is 1. The fourth-order valence-electron chi connectivity index (χ4n) is 3.31. The fraction of sp³-hybridized carbons (Fsp3) is 0.381. The lowest BCUT2D eigenvalue weighted by Crippen LogP contribution is -2.37. The van der Waals surface area contributed by atoms with Gasteiger partial charge in [0.15, 0.2) is 0 Å². The number of piperidine rings is 1. The van der Waals surface area contributed by atoms with E-state index in [0.717, 1.165) is 12.2 Å². The van der Waals surface area contributed by atoms with Crippen molar-refractivity contribution in [1.29, 1.82) is 0 Å². The molecule has 1 saturated heterocycles. The van der Waals surface area contributed by atoms with Crippen LogP contribution >= 0.6 is 0 Å². The van der Waals surface area contributed by atoms with Gasteiger partial charge in [0, 0.05) is 29.5 Å². The highest BCUT2D eigenvalue weighted by Gasteiger charge is 2.18. The van der Waals surface area contributed by atoms with Gasteiger partial charge in [-0.05, 0) is 75.6 Å². The van der Waals surface area contributed by atoms with Crippen LogP contribution in [0.5, 0.6) is 5.75 Å². The molecule has 1 aliphatic heterocycles. The molecule has 1 N–H and O–H groups in total. The Morgan fingerprint density at radius 2 is 2.00 bits per heavy atom. The Morgan fingerprint density at radius 3 is 2.72 bits per heavy atom. The van der Waals surface area contributed by atoms with Crippen molar-refractivity contribution in [3.05, 3.63) is 54.1 Å². The average molecular weight is 338 g/mol. The van der Waals surface area contributed by atoms with Gasteiger partial charge < -0.3 is 15.0 Å². The zero-order valence-corrected chi connectivity index (χ0v) is 15.0. The smallest absolute Gasteiger partial charge is 0.255 e. The number of rotatable bonds is 5. The Hall–Kier alpha value is -2.49. The summed E-state index contributed by atoms with van der Waals surface area (Å²) in [6.45, 7) is 5.90. The number of anilines is 2. The highest BCUT2D eigenvalue weighted by atomic mass is 16.5. The Balaban J connectivity index is 1.66. The summed E-state index contributed by atoms with van der Waals surface area (Å²) in [6.07, 6.45) is 3.81. The Bertz CT molecular complexity index is 712. The second-order valence-electron chi connectivity index (χ2n) is 6.50. The van der Waals surface area contributed by atoms with Crippen LogP contribution in [0.15, 0.2) is 48.5 Å². The highest BCUT2D eigenvalue weighted by Crippen LogP contribution is 2.26. The molecule has 25 heavy (non-hydrogen) atoms. The largest absolute Gasteiger partial charge is 0.494 e. The summed E-state index contributed by atoms with van der Waals surface area (Å²) in [7, 11) is 0. The third kappa shape index (κ3) is 4.32. The van der Waals surface area contributed by atoms with Gasteiger partial charge in [0.1, 0.15) is 5.75 Å². The van der Waals surface area contributed by atoms with Gasteiger partial charge in [-0.25, -0.2) is 0 Å². The van der Waals surface area contributed by atoms with E-state index in [1.807, 2.05) is 31.2 Å². The zero-order chi connectivity index (χ0) is 17.6. The summed E-state index contributed by atoms with van der Waals surface area (Å²) in [6, 6.07) is 16.0. The van der Waals surface area contributed by atoms with Crippen molar-refractivity contribution in [3.8, 4) is 5.75 Å². The molecule has 1 unspecified atom stereocenters. The third-order valence-corrected chi connectivity index (χ3v) is 4.67. The zero-order valence-electron chi connectivity index (χ0n) is 15.0. The monoisotopic (exact) mass is 338 g/mol. The fourth-order valence-corrected chi connectivity index (χ4v) is 3.31. The molecule has 2 aromatic carbocycles. The number of carbonyl (C=O) groups is 1. The minimum atomic E-state index is -0.124. The summed E-state index contributed by atoms with van der Waals surface area (Å²) in [5.41, 5.74) is 2.63. The lowest BCUT2D eigenvalue weighted by Gasteiger charge is -2.35. The predicted molar refractivity (Wildman–Crippen MR) is 103 cm³/mol. The first-order chi connectivity index (χ1) is 12.2. The minimum absolute atomic E-state index is 0.124. The maximum Gasteiger partial charge on any atom is 0.255 e. The second-order valence-corrected chi connectivity index (χ2v) is 6.50. The Kier molecular flexibility index (Phi) is 5.59. The number of nitrogens with one attached hydrogen (secondary N) is 1. The molecular weight excluding hydrogens is 312 g/mol. The van der Waals surface area contributed by atoms with Gasteiger partial charge in [-0.1, -0.05) is 6.07 Å². The molecule has 1 atom stereocenters. The molecular formula is C21H26N2O2. The van der Waals surface area contributed by atoms with E-state index in [2.05, 4.69) is 29.3 Å². The molecule has 0 spiro atoms. The molecule has 0 saturated carbocycles. The summed E-state index contributed by atoms with van der Waals surface area (Å²) in [5.74, 6) is 0.588. The van der Waals surface area contributed by atoms with Crippen molar-refractivity contribution in [2.24, 2.45) is 0 Å². The quantitative estimate of drug-likeness (QED) is 0.858. The van der Waals surface area contributed by atoms with E-state index in [0.29, 0.717) is 24.0 Å². The number of carbonyl (C=O) groups excluding carboxylic acids is 1. The SMILES string of the molecule is CCOc1cccc(C(=O)Nc2ccc(N3CCCCC3C)cc2)c1. The van der Waals surface area contributed by atoms with Crippen molar-refractivity contribution >= 4 is 17.3 Å². The van der Waals surface area contributed by atoms with Gasteiger partial charge in [0.25, 0.3) is 5.91 Å². The molecule has 0 radical (unpaired) electrons. The maximum absolute atomic E-state index is 12.4. The molecule has 4 heteroatoms. The number of hydrogen-bond donors (Lipinski definition) is 1. The summed E-state index contributed by atoms with van der Waals surface area (Å²) in [5, 5.41) is 2.96. The summed E-state index contributed by atoms with van der Waals surface area (Å²) < 4.78 is 5.45. The lowest BCUT2D eigenvalue weighted by atomic mass is 10.0. The first-order valence-corrected chi connectivity index (χ1v) is 9.08. The van der Waals surface area contributed by atoms with Gasteiger partial charge in [-0.3, -0.25) is 4.79 Å². The molecule has 1 aliphatic rings. The number of nitrogens with zero attached hydrogens (tertiary/aromatic N) is 1. The average Bonchev–Trinajstić information content (AvgIpc) is 2.63. The van der Waals surface area contributed by atoms with Gasteiger partial charge in [-0.2, -0.15) is 0 Å². The molecule has 1 fully saturated rings. The third-order valence-electron chi connectivity index (χ3n) is 4.67.